The van der Waals surface area contributed by atoms with Crippen LogP contribution >= 0.6 is 23.2 Å². The SMILES string of the molecule is CC(C)(O)O.O=C(O)C1CC[C@H](n2cnc3c(Cl)cc(Cl)nc32)C1. The molecule has 132 valence electrons. The number of rotatable bonds is 2. The second-order valence-corrected chi connectivity index (χ2v) is 7.04. The number of halogens is 2. The molecular weight excluding hydrogens is 357 g/mol. The van der Waals surface area contributed by atoms with Crippen molar-refractivity contribution in [1.82, 2.24) is 14.5 Å². The Morgan fingerprint density at radius 3 is 2.50 bits per heavy atom. The van der Waals surface area contributed by atoms with E-state index in [0.717, 1.165) is 6.42 Å². The van der Waals surface area contributed by atoms with Gasteiger partial charge in [0.05, 0.1) is 17.3 Å². The fourth-order valence-corrected chi connectivity index (χ4v) is 3.12. The van der Waals surface area contributed by atoms with E-state index in [1.807, 2.05) is 4.57 Å². The van der Waals surface area contributed by atoms with E-state index in [9.17, 15) is 4.79 Å². The molecule has 1 aliphatic rings. The van der Waals surface area contributed by atoms with Gasteiger partial charge in [-0.3, -0.25) is 4.79 Å². The van der Waals surface area contributed by atoms with Gasteiger partial charge in [-0.2, -0.15) is 0 Å². The van der Waals surface area contributed by atoms with E-state index in [1.54, 1.807) is 12.4 Å². The number of aromatic nitrogens is 3. The highest BCUT2D eigenvalue weighted by Gasteiger charge is 2.31. The Balaban J connectivity index is 0.000000368. The number of carbonyl (C=O) groups is 1. The fourth-order valence-electron chi connectivity index (χ4n) is 2.64. The van der Waals surface area contributed by atoms with Crippen molar-refractivity contribution < 1.29 is 20.1 Å². The lowest BCUT2D eigenvalue weighted by Crippen LogP contribution is -2.15. The average Bonchev–Trinajstić information content (AvgIpc) is 3.01. The lowest BCUT2D eigenvalue weighted by molar-refractivity contribution is -0.141. The maximum absolute atomic E-state index is 11.0. The minimum Gasteiger partial charge on any atom is -0.481 e. The van der Waals surface area contributed by atoms with Crippen LogP contribution in [0.3, 0.4) is 0 Å². The molecule has 0 spiro atoms. The summed E-state index contributed by atoms with van der Waals surface area (Å²) in [7, 11) is 0. The summed E-state index contributed by atoms with van der Waals surface area (Å²) in [5.74, 6) is -2.53. The van der Waals surface area contributed by atoms with Crippen molar-refractivity contribution in [3.63, 3.8) is 0 Å². The third kappa shape index (κ3) is 4.80. The van der Waals surface area contributed by atoms with E-state index in [0.29, 0.717) is 34.2 Å². The van der Waals surface area contributed by atoms with Gasteiger partial charge in [-0.15, -0.1) is 0 Å². The predicted octanol–water partition coefficient (Wildman–Crippen LogP) is 2.87. The van der Waals surface area contributed by atoms with E-state index in [-0.39, 0.29) is 12.0 Å². The molecule has 0 bridgehead atoms. The van der Waals surface area contributed by atoms with Crippen molar-refractivity contribution in [2.75, 3.05) is 0 Å². The molecule has 7 nitrogen and oxygen atoms in total. The average molecular weight is 376 g/mol. The second-order valence-electron chi connectivity index (χ2n) is 6.25. The molecule has 2 aromatic rings. The Morgan fingerprint density at radius 1 is 1.33 bits per heavy atom. The quantitative estimate of drug-likeness (QED) is 0.549. The van der Waals surface area contributed by atoms with Gasteiger partial charge >= 0.3 is 5.97 Å². The summed E-state index contributed by atoms with van der Waals surface area (Å²) in [5.41, 5.74) is 1.22. The summed E-state index contributed by atoms with van der Waals surface area (Å²) in [6, 6.07) is 1.64. The second kappa shape index (κ2) is 7.23. The van der Waals surface area contributed by atoms with Gasteiger partial charge in [0, 0.05) is 6.04 Å². The van der Waals surface area contributed by atoms with Crippen LogP contribution in [0.15, 0.2) is 12.4 Å². The van der Waals surface area contributed by atoms with Crippen LogP contribution in [-0.4, -0.2) is 41.6 Å². The fraction of sp³-hybridized carbons (Fsp3) is 0.533. The smallest absolute Gasteiger partial charge is 0.306 e. The van der Waals surface area contributed by atoms with Crippen molar-refractivity contribution in [3.8, 4) is 0 Å². The summed E-state index contributed by atoms with van der Waals surface area (Å²) in [6.45, 7) is 2.60. The van der Waals surface area contributed by atoms with Gasteiger partial charge in [-0.05, 0) is 39.2 Å². The zero-order valence-electron chi connectivity index (χ0n) is 13.3. The number of imidazole rings is 1. The Labute approximate surface area is 148 Å². The molecule has 1 unspecified atom stereocenters. The molecule has 3 rings (SSSR count). The summed E-state index contributed by atoms with van der Waals surface area (Å²) in [5, 5.41) is 26.0. The first-order chi connectivity index (χ1) is 11.1. The molecule has 9 heteroatoms. The first-order valence-corrected chi connectivity index (χ1v) is 8.18. The number of hydrogen-bond donors (Lipinski definition) is 3. The molecule has 0 amide bonds. The van der Waals surface area contributed by atoms with Crippen molar-refractivity contribution in [1.29, 1.82) is 0 Å². The summed E-state index contributed by atoms with van der Waals surface area (Å²) in [4.78, 5) is 19.5. The summed E-state index contributed by atoms with van der Waals surface area (Å²) in [6.07, 6.45) is 3.73. The standard InChI is InChI=1S/C12H11Cl2N3O2.C3H8O2/c13-8-4-9(14)16-11-10(8)15-5-17(11)7-2-1-6(3-7)12(18)19;1-3(2,4)5/h4-7H,1-3H2,(H,18,19);4-5H,1-2H3/t6?,7-;/m0./s1. The molecule has 0 aliphatic heterocycles. The third-order valence-electron chi connectivity index (χ3n) is 3.60. The highest BCUT2D eigenvalue weighted by atomic mass is 35.5. The number of carboxylic acid groups (broad SMARTS) is 1. The van der Waals surface area contributed by atoms with Gasteiger partial charge in [-0.1, -0.05) is 23.2 Å². The topological polar surface area (TPSA) is 108 Å². The number of aliphatic carboxylic acids is 1. The molecule has 3 N–H and O–H groups in total. The maximum atomic E-state index is 11.0. The molecule has 2 aromatic heterocycles. The van der Waals surface area contributed by atoms with Crippen molar-refractivity contribution in [3.05, 3.63) is 22.6 Å². The lowest BCUT2D eigenvalue weighted by Gasteiger charge is -2.12. The van der Waals surface area contributed by atoms with E-state index < -0.39 is 11.8 Å². The number of nitrogens with zero attached hydrogens (tertiary/aromatic N) is 3. The number of fused-ring (bicyclic) bond motifs is 1. The number of aliphatic hydroxyl groups is 2. The highest BCUT2D eigenvalue weighted by Crippen LogP contribution is 2.37. The summed E-state index contributed by atoms with van der Waals surface area (Å²) < 4.78 is 1.88. The van der Waals surface area contributed by atoms with Crippen LogP contribution in [0, 0.1) is 5.92 Å². The lowest BCUT2D eigenvalue weighted by atomic mass is 10.1. The van der Waals surface area contributed by atoms with Crippen LogP contribution in [0.1, 0.15) is 39.2 Å². The zero-order chi connectivity index (χ0) is 18.1. The van der Waals surface area contributed by atoms with Crippen LogP contribution in [0.2, 0.25) is 10.2 Å². The van der Waals surface area contributed by atoms with Gasteiger partial charge in [-0.25, -0.2) is 9.97 Å². The Morgan fingerprint density at radius 2 is 1.96 bits per heavy atom. The van der Waals surface area contributed by atoms with Gasteiger partial charge in [0.2, 0.25) is 0 Å². The normalized spacial score (nSPS) is 20.8. The van der Waals surface area contributed by atoms with E-state index in [1.165, 1.54) is 13.8 Å². The molecule has 1 fully saturated rings. The third-order valence-corrected chi connectivity index (χ3v) is 4.08. The molecule has 2 heterocycles. The van der Waals surface area contributed by atoms with E-state index in [2.05, 4.69) is 9.97 Å². The molecular formula is C15H19Cl2N3O4. The largest absolute Gasteiger partial charge is 0.481 e. The van der Waals surface area contributed by atoms with Crippen LogP contribution in [0.5, 0.6) is 0 Å². The molecule has 1 saturated carbocycles. The van der Waals surface area contributed by atoms with Crippen LogP contribution < -0.4 is 0 Å². The van der Waals surface area contributed by atoms with Crippen LogP contribution in [-0.2, 0) is 4.79 Å². The number of hydrogen-bond acceptors (Lipinski definition) is 5. The Bertz CT molecular complexity index is 736. The van der Waals surface area contributed by atoms with Crippen molar-refractivity contribution in [2.45, 2.75) is 44.9 Å². The minimum atomic E-state index is -1.50. The molecule has 0 saturated heterocycles. The summed E-state index contributed by atoms with van der Waals surface area (Å²) >= 11 is 12.0. The van der Waals surface area contributed by atoms with Crippen molar-refractivity contribution in [2.24, 2.45) is 5.92 Å². The van der Waals surface area contributed by atoms with E-state index in [4.69, 9.17) is 38.5 Å². The number of pyridine rings is 1. The molecule has 24 heavy (non-hydrogen) atoms. The Kier molecular flexibility index (Phi) is 5.70. The van der Waals surface area contributed by atoms with Gasteiger partial charge in [0.1, 0.15) is 10.7 Å². The molecule has 0 radical (unpaired) electrons. The first kappa shape index (κ1) is 18.9. The molecule has 2 atom stereocenters. The number of carboxylic acids is 1. The van der Waals surface area contributed by atoms with E-state index >= 15 is 0 Å². The van der Waals surface area contributed by atoms with Gasteiger partial charge < -0.3 is 19.9 Å². The van der Waals surface area contributed by atoms with Crippen LogP contribution in [0.25, 0.3) is 11.2 Å². The van der Waals surface area contributed by atoms with Crippen LogP contribution in [0.4, 0.5) is 0 Å². The predicted molar refractivity (Wildman–Crippen MR) is 90.1 cm³/mol. The maximum Gasteiger partial charge on any atom is 0.306 e. The Hall–Kier alpha value is -1.41. The zero-order valence-corrected chi connectivity index (χ0v) is 14.8. The van der Waals surface area contributed by atoms with Gasteiger partial charge in [0.25, 0.3) is 0 Å². The van der Waals surface area contributed by atoms with Gasteiger partial charge in [0.15, 0.2) is 11.4 Å². The monoisotopic (exact) mass is 375 g/mol. The minimum absolute atomic E-state index is 0.0909. The molecule has 1 aliphatic carbocycles. The van der Waals surface area contributed by atoms with Crippen molar-refractivity contribution >= 4 is 40.3 Å². The first-order valence-electron chi connectivity index (χ1n) is 7.42. The highest BCUT2D eigenvalue weighted by molar-refractivity contribution is 6.37. The molecule has 0 aromatic carbocycles.